The van der Waals surface area contributed by atoms with E-state index in [4.69, 9.17) is 0 Å². The first kappa shape index (κ1) is 13.7. The third-order valence-electron chi connectivity index (χ3n) is 1.49. The van der Waals surface area contributed by atoms with Crippen molar-refractivity contribution in [3.05, 3.63) is 0 Å². The molecule has 0 amide bonds. The van der Waals surface area contributed by atoms with Crippen LogP contribution >= 0.6 is 0 Å². The van der Waals surface area contributed by atoms with Crippen molar-refractivity contribution in [1.82, 2.24) is 0 Å². The number of aliphatic hydroxyl groups is 1. The molecule has 15 heavy (non-hydrogen) atoms. The Kier molecular flexibility index (Phi) is 5.65. The van der Waals surface area contributed by atoms with E-state index >= 15 is 0 Å². The van der Waals surface area contributed by atoms with Crippen LogP contribution in [-0.2, 0) is 14.3 Å². The van der Waals surface area contributed by atoms with Gasteiger partial charge in [0.15, 0.2) is 0 Å². The minimum Gasteiger partial charge on any atom is -0.469 e. The SMILES string of the molecule is COC(=O)CC(=O)CCC#CC(C)(C)O. The van der Waals surface area contributed by atoms with Crippen LogP contribution in [-0.4, -0.2) is 29.6 Å². The highest BCUT2D eigenvalue weighted by molar-refractivity contribution is 5.95. The molecular weight excluding hydrogens is 196 g/mol. The van der Waals surface area contributed by atoms with Crippen LogP contribution in [0.3, 0.4) is 0 Å². The summed E-state index contributed by atoms with van der Waals surface area (Å²) in [6.45, 7) is 3.13. The zero-order valence-corrected chi connectivity index (χ0v) is 9.29. The summed E-state index contributed by atoms with van der Waals surface area (Å²) in [5.74, 6) is 4.52. The van der Waals surface area contributed by atoms with E-state index in [1.165, 1.54) is 7.11 Å². The normalized spacial score (nSPS) is 10.1. The lowest BCUT2D eigenvalue weighted by Crippen LogP contribution is -2.14. The number of hydrogen-bond donors (Lipinski definition) is 1. The number of Topliss-reactive ketones (excluding diaryl/α,β-unsaturated/α-hetero) is 1. The summed E-state index contributed by atoms with van der Waals surface area (Å²) in [4.78, 5) is 21.8. The lowest BCUT2D eigenvalue weighted by Gasteiger charge is -2.05. The van der Waals surface area contributed by atoms with Crippen LogP contribution < -0.4 is 0 Å². The molecule has 0 saturated heterocycles. The standard InChI is InChI=1S/C11H16O4/c1-11(2,14)7-5-4-6-9(12)8-10(13)15-3/h14H,4,6,8H2,1-3H3. The van der Waals surface area contributed by atoms with Gasteiger partial charge in [0.2, 0.25) is 0 Å². The predicted molar refractivity (Wildman–Crippen MR) is 54.9 cm³/mol. The van der Waals surface area contributed by atoms with E-state index in [1.54, 1.807) is 13.8 Å². The highest BCUT2D eigenvalue weighted by Crippen LogP contribution is 1.99. The highest BCUT2D eigenvalue weighted by Gasteiger charge is 2.09. The molecule has 4 heteroatoms. The van der Waals surface area contributed by atoms with Crippen molar-refractivity contribution in [1.29, 1.82) is 0 Å². The molecule has 0 fully saturated rings. The summed E-state index contributed by atoms with van der Waals surface area (Å²) in [6.07, 6.45) is 0.346. The van der Waals surface area contributed by atoms with Gasteiger partial charge in [0, 0.05) is 12.8 Å². The molecular formula is C11H16O4. The Morgan fingerprint density at radius 2 is 2.00 bits per heavy atom. The van der Waals surface area contributed by atoms with E-state index in [1.807, 2.05) is 0 Å². The van der Waals surface area contributed by atoms with Gasteiger partial charge in [0.05, 0.1) is 7.11 Å². The van der Waals surface area contributed by atoms with Gasteiger partial charge in [-0.25, -0.2) is 0 Å². The molecule has 0 bridgehead atoms. The monoisotopic (exact) mass is 212 g/mol. The van der Waals surface area contributed by atoms with E-state index in [-0.39, 0.29) is 18.6 Å². The summed E-state index contributed by atoms with van der Waals surface area (Å²) >= 11 is 0. The van der Waals surface area contributed by atoms with Crippen molar-refractivity contribution in [2.75, 3.05) is 7.11 Å². The Morgan fingerprint density at radius 3 is 2.47 bits per heavy atom. The first-order valence-corrected chi connectivity index (χ1v) is 4.66. The second-order valence-corrected chi connectivity index (χ2v) is 3.65. The van der Waals surface area contributed by atoms with Crippen molar-refractivity contribution < 1.29 is 19.4 Å². The Hall–Kier alpha value is -1.34. The van der Waals surface area contributed by atoms with Crippen LogP contribution in [0.2, 0.25) is 0 Å². The zero-order chi connectivity index (χ0) is 11.9. The molecule has 0 spiro atoms. The smallest absolute Gasteiger partial charge is 0.313 e. The maximum atomic E-state index is 11.1. The molecule has 0 aliphatic rings. The molecule has 0 aromatic rings. The largest absolute Gasteiger partial charge is 0.469 e. The zero-order valence-electron chi connectivity index (χ0n) is 9.29. The van der Waals surface area contributed by atoms with Gasteiger partial charge < -0.3 is 9.84 Å². The third kappa shape index (κ3) is 8.98. The van der Waals surface area contributed by atoms with Crippen molar-refractivity contribution in [2.24, 2.45) is 0 Å². The Balaban J connectivity index is 3.81. The van der Waals surface area contributed by atoms with Gasteiger partial charge in [-0.1, -0.05) is 11.8 Å². The first-order chi connectivity index (χ1) is 6.85. The van der Waals surface area contributed by atoms with Gasteiger partial charge in [-0.3, -0.25) is 9.59 Å². The van der Waals surface area contributed by atoms with E-state index in [2.05, 4.69) is 16.6 Å². The summed E-state index contributed by atoms with van der Waals surface area (Å²) in [6, 6.07) is 0. The minimum absolute atomic E-state index is 0.202. The molecule has 0 rings (SSSR count). The number of ketones is 1. The Labute approximate surface area is 89.6 Å². The van der Waals surface area contributed by atoms with E-state index < -0.39 is 11.6 Å². The van der Waals surface area contributed by atoms with Crippen molar-refractivity contribution in [2.45, 2.75) is 38.7 Å². The average molecular weight is 212 g/mol. The van der Waals surface area contributed by atoms with Crippen LogP contribution in [0.5, 0.6) is 0 Å². The van der Waals surface area contributed by atoms with E-state index in [9.17, 15) is 14.7 Å². The van der Waals surface area contributed by atoms with Gasteiger partial charge in [-0.05, 0) is 13.8 Å². The lowest BCUT2D eigenvalue weighted by atomic mass is 10.1. The molecule has 0 heterocycles. The molecule has 84 valence electrons. The summed E-state index contributed by atoms with van der Waals surface area (Å²) in [7, 11) is 1.24. The molecule has 0 aromatic heterocycles. The second kappa shape index (κ2) is 6.20. The lowest BCUT2D eigenvalue weighted by molar-refractivity contribution is -0.143. The minimum atomic E-state index is -1.04. The fraction of sp³-hybridized carbons (Fsp3) is 0.636. The summed E-state index contributed by atoms with van der Waals surface area (Å²) in [5, 5.41) is 9.23. The number of esters is 1. The van der Waals surface area contributed by atoms with Crippen LogP contribution in [0.15, 0.2) is 0 Å². The number of hydrogen-bond acceptors (Lipinski definition) is 4. The van der Waals surface area contributed by atoms with Crippen LogP contribution in [0.4, 0.5) is 0 Å². The first-order valence-electron chi connectivity index (χ1n) is 4.66. The van der Waals surface area contributed by atoms with E-state index in [0.29, 0.717) is 6.42 Å². The van der Waals surface area contributed by atoms with Crippen molar-refractivity contribution in [3.63, 3.8) is 0 Å². The summed E-state index contributed by atoms with van der Waals surface area (Å²) < 4.78 is 4.35. The molecule has 0 aliphatic heterocycles. The Morgan fingerprint density at radius 1 is 1.40 bits per heavy atom. The van der Waals surface area contributed by atoms with Gasteiger partial charge in [0.1, 0.15) is 17.8 Å². The number of carbonyl (C=O) groups excluding carboxylic acids is 2. The second-order valence-electron chi connectivity index (χ2n) is 3.65. The molecule has 0 unspecified atom stereocenters. The van der Waals surface area contributed by atoms with Crippen LogP contribution in [0.1, 0.15) is 33.1 Å². The van der Waals surface area contributed by atoms with Gasteiger partial charge in [-0.15, -0.1) is 0 Å². The van der Waals surface area contributed by atoms with Gasteiger partial charge in [-0.2, -0.15) is 0 Å². The maximum absolute atomic E-state index is 11.1. The average Bonchev–Trinajstić information content (AvgIpc) is 2.11. The predicted octanol–water partition coefficient (Wildman–Crippen LogP) is 0.673. The number of methoxy groups -OCH3 is 1. The number of rotatable bonds is 4. The molecule has 0 radical (unpaired) electrons. The molecule has 0 aliphatic carbocycles. The third-order valence-corrected chi connectivity index (χ3v) is 1.49. The van der Waals surface area contributed by atoms with Gasteiger partial charge in [0.25, 0.3) is 0 Å². The van der Waals surface area contributed by atoms with Crippen molar-refractivity contribution >= 4 is 11.8 Å². The summed E-state index contributed by atoms with van der Waals surface area (Å²) in [5.41, 5.74) is -1.04. The van der Waals surface area contributed by atoms with Crippen LogP contribution in [0.25, 0.3) is 0 Å². The fourth-order valence-corrected chi connectivity index (χ4v) is 0.802. The number of ether oxygens (including phenoxy) is 1. The number of carbonyl (C=O) groups is 2. The molecule has 0 atom stereocenters. The molecule has 4 nitrogen and oxygen atoms in total. The molecule has 0 saturated carbocycles. The topological polar surface area (TPSA) is 63.6 Å². The van der Waals surface area contributed by atoms with Crippen LogP contribution in [0, 0.1) is 11.8 Å². The van der Waals surface area contributed by atoms with E-state index in [0.717, 1.165) is 0 Å². The van der Waals surface area contributed by atoms with Gasteiger partial charge >= 0.3 is 5.97 Å². The Bertz CT molecular complexity index is 288. The van der Waals surface area contributed by atoms with Crippen molar-refractivity contribution in [3.8, 4) is 11.8 Å². The molecule has 0 aromatic carbocycles. The fourth-order valence-electron chi connectivity index (χ4n) is 0.802. The maximum Gasteiger partial charge on any atom is 0.313 e. The quantitative estimate of drug-likeness (QED) is 0.422. The molecule has 1 N–H and O–H groups in total. The highest BCUT2D eigenvalue weighted by atomic mass is 16.5.